The second kappa shape index (κ2) is 9.46. The molecule has 0 spiro atoms. The Balaban J connectivity index is 1.59. The molecule has 0 amide bonds. The molecule has 0 radical (unpaired) electrons. The van der Waals surface area contributed by atoms with Crippen molar-refractivity contribution in [2.24, 2.45) is 5.92 Å². The van der Waals surface area contributed by atoms with Gasteiger partial charge in [0.15, 0.2) is 11.6 Å². The van der Waals surface area contributed by atoms with E-state index in [0.717, 1.165) is 47.1 Å². The first kappa shape index (κ1) is 21.8. The number of fused-ring (bicyclic) bond motifs is 1. The van der Waals surface area contributed by atoms with Crippen LogP contribution >= 0.6 is 0 Å². The van der Waals surface area contributed by atoms with Crippen molar-refractivity contribution >= 4 is 10.9 Å². The quantitative estimate of drug-likeness (QED) is 0.443. The molecule has 1 unspecified atom stereocenters. The topological polar surface area (TPSA) is 80.1 Å². The summed E-state index contributed by atoms with van der Waals surface area (Å²) in [6, 6.07) is 20.4. The fraction of sp³-hybridized carbons (Fsp3) is 0.222. The van der Waals surface area contributed by atoms with Crippen LogP contribution in [0.3, 0.4) is 0 Å². The van der Waals surface area contributed by atoms with Crippen LogP contribution in [0.4, 0.5) is 4.39 Å². The minimum Gasteiger partial charge on any atom is -0.494 e. The Kier molecular flexibility index (Phi) is 6.07. The minimum atomic E-state index is -0.422. The van der Waals surface area contributed by atoms with Crippen LogP contribution in [0.15, 0.2) is 60.7 Å². The normalized spacial score (nSPS) is 15.3. The number of aromatic nitrogens is 2. The summed E-state index contributed by atoms with van der Waals surface area (Å²) in [5.41, 5.74) is 4.40. The highest BCUT2D eigenvalue weighted by molar-refractivity contribution is 5.95. The maximum absolute atomic E-state index is 14.3. The Morgan fingerprint density at radius 1 is 1.03 bits per heavy atom. The number of nitriles is 1. The van der Waals surface area contributed by atoms with E-state index in [1.807, 2.05) is 36.4 Å². The summed E-state index contributed by atoms with van der Waals surface area (Å²) in [5.74, 6) is 0.212. The molecule has 1 aliphatic heterocycles. The fourth-order valence-corrected chi connectivity index (χ4v) is 4.17. The largest absolute Gasteiger partial charge is 0.494 e. The van der Waals surface area contributed by atoms with Gasteiger partial charge in [0.05, 0.1) is 36.6 Å². The highest BCUT2D eigenvalue weighted by atomic mass is 19.1. The lowest BCUT2D eigenvalue weighted by molar-refractivity contribution is 0.242. The van der Waals surface area contributed by atoms with Crippen molar-refractivity contribution in [2.75, 3.05) is 26.8 Å². The summed E-state index contributed by atoms with van der Waals surface area (Å²) in [7, 11) is 1.44. The third-order valence-corrected chi connectivity index (χ3v) is 6.06. The van der Waals surface area contributed by atoms with Crippen LogP contribution in [0.5, 0.6) is 11.8 Å². The molecule has 0 aliphatic carbocycles. The Morgan fingerprint density at radius 2 is 1.79 bits per heavy atom. The summed E-state index contributed by atoms with van der Waals surface area (Å²) in [4.78, 5) is 9.37. The first-order valence-corrected chi connectivity index (χ1v) is 11.1. The molecular weight excluding hydrogens is 431 g/mol. The zero-order valence-electron chi connectivity index (χ0n) is 18.7. The molecule has 3 aromatic carbocycles. The van der Waals surface area contributed by atoms with Crippen LogP contribution in [0.1, 0.15) is 12.0 Å². The third kappa shape index (κ3) is 4.41. The van der Waals surface area contributed by atoms with Crippen molar-refractivity contribution < 1.29 is 13.9 Å². The molecule has 170 valence electrons. The minimum absolute atomic E-state index is 0.199. The van der Waals surface area contributed by atoms with Crippen LogP contribution in [0, 0.1) is 23.1 Å². The lowest BCUT2D eigenvalue weighted by Crippen LogP contribution is -2.16. The van der Waals surface area contributed by atoms with Gasteiger partial charge >= 0.3 is 6.01 Å². The monoisotopic (exact) mass is 454 g/mol. The Labute approximate surface area is 197 Å². The van der Waals surface area contributed by atoms with Crippen molar-refractivity contribution in [1.29, 1.82) is 5.26 Å². The predicted molar refractivity (Wildman–Crippen MR) is 128 cm³/mol. The number of methoxy groups -OCH3 is 1. The molecule has 1 aromatic heterocycles. The molecular formula is C27H23FN4O2. The van der Waals surface area contributed by atoms with Crippen LogP contribution in [-0.4, -0.2) is 36.8 Å². The van der Waals surface area contributed by atoms with Crippen molar-refractivity contribution in [1.82, 2.24) is 15.3 Å². The average molecular weight is 455 g/mol. The van der Waals surface area contributed by atoms with Crippen LogP contribution in [0.25, 0.3) is 33.3 Å². The molecule has 0 bridgehead atoms. The molecule has 1 fully saturated rings. The van der Waals surface area contributed by atoms with E-state index in [2.05, 4.69) is 16.4 Å². The number of rotatable bonds is 6. The van der Waals surface area contributed by atoms with Gasteiger partial charge in [0, 0.05) is 23.4 Å². The Bertz CT molecular complexity index is 1380. The number of hydrogen-bond donors (Lipinski definition) is 1. The molecule has 4 aromatic rings. The number of nitrogens with zero attached hydrogens (tertiary/aromatic N) is 3. The van der Waals surface area contributed by atoms with Gasteiger partial charge in [0.1, 0.15) is 0 Å². The van der Waals surface area contributed by atoms with Gasteiger partial charge in [0.2, 0.25) is 0 Å². The fourth-order valence-electron chi connectivity index (χ4n) is 4.17. The molecule has 5 rings (SSSR count). The van der Waals surface area contributed by atoms with Gasteiger partial charge in [-0.2, -0.15) is 15.2 Å². The van der Waals surface area contributed by atoms with Gasteiger partial charge in [-0.15, -0.1) is 0 Å². The second-order valence-electron chi connectivity index (χ2n) is 8.30. The predicted octanol–water partition coefficient (Wildman–Crippen LogP) is 4.97. The van der Waals surface area contributed by atoms with E-state index in [-0.39, 0.29) is 5.75 Å². The highest BCUT2D eigenvalue weighted by Gasteiger charge is 2.17. The van der Waals surface area contributed by atoms with E-state index >= 15 is 0 Å². The van der Waals surface area contributed by atoms with Crippen LogP contribution < -0.4 is 14.8 Å². The van der Waals surface area contributed by atoms with E-state index in [9.17, 15) is 9.65 Å². The molecule has 34 heavy (non-hydrogen) atoms. The molecule has 1 N–H and O–H groups in total. The lowest BCUT2D eigenvalue weighted by Gasteiger charge is -2.13. The van der Waals surface area contributed by atoms with Gasteiger partial charge in [-0.25, -0.2) is 4.39 Å². The zero-order valence-corrected chi connectivity index (χ0v) is 18.7. The lowest BCUT2D eigenvalue weighted by atomic mass is 9.99. The smallest absolute Gasteiger partial charge is 0.317 e. The third-order valence-electron chi connectivity index (χ3n) is 6.06. The van der Waals surface area contributed by atoms with Crippen molar-refractivity contribution in [3.05, 3.63) is 72.0 Å². The van der Waals surface area contributed by atoms with E-state index in [4.69, 9.17) is 14.5 Å². The number of halogens is 1. The van der Waals surface area contributed by atoms with Gasteiger partial charge in [-0.05, 0) is 60.5 Å². The molecule has 1 saturated heterocycles. The molecule has 6 nitrogen and oxygen atoms in total. The molecule has 2 heterocycles. The van der Waals surface area contributed by atoms with E-state index in [0.29, 0.717) is 29.8 Å². The molecule has 1 aliphatic rings. The highest BCUT2D eigenvalue weighted by Crippen LogP contribution is 2.33. The van der Waals surface area contributed by atoms with Gasteiger partial charge in [0.25, 0.3) is 0 Å². The van der Waals surface area contributed by atoms with E-state index in [1.54, 1.807) is 18.2 Å². The number of benzene rings is 3. The second-order valence-corrected chi connectivity index (χ2v) is 8.30. The van der Waals surface area contributed by atoms with Crippen LogP contribution in [0.2, 0.25) is 0 Å². The standard InChI is InChI=1S/C27H23FN4O2/c1-33-25-9-7-21(13-23(25)28)20-6-8-24-22(12-20)26(19-4-2-17(14-29)3-5-19)32-27(31-24)34-16-18-10-11-30-15-18/h2-9,12-13,18,30H,10-11,15-16H2,1H3. The summed E-state index contributed by atoms with van der Waals surface area (Å²) < 4.78 is 25.4. The number of ether oxygens (including phenoxy) is 2. The first-order chi connectivity index (χ1) is 16.6. The summed E-state index contributed by atoms with van der Waals surface area (Å²) >= 11 is 0. The zero-order chi connectivity index (χ0) is 23.5. The van der Waals surface area contributed by atoms with Crippen molar-refractivity contribution in [2.45, 2.75) is 6.42 Å². The molecule has 7 heteroatoms. The Hall–Kier alpha value is -4.02. The van der Waals surface area contributed by atoms with Crippen molar-refractivity contribution in [3.63, 3.8) is 0 Å². The maximum atomic E-state index is 14.3. The average Bonchev–Trinajstić information content (AvgIpc) is 3.40. The van der Waals surface area contributed by atoms with E-state index in [1.165, 1.54) is 13.2 Å². The maximum Gasteiger partial charge on any atom is 0.317 e. The van der Waals surface area contributed by atoms with Crippen molar-refractivity contribution in [3.8, 4) is 40.2 Å². The summed E-state index contributed by atoms with van der Waals surface area (Å²) in [5, 5.41) is 13.3. The molecule has 1 atom stereocenters. The van der Waals surface area contributed by atoms with Gasteiger partial charge in [-0.1, -0.05) is 24.3 Å². The SMILES string of the molecule is COc1ccc(-c2ccc3nc(OCC4CCNC4)nc(-c4ccc(C#N)cc4)c3c2)cc1F. The summed E-state index contributed by atoms with van der Waals surface area (Å²) in [6.07, 6.45) is 1.07. The first-order valence-electron chi connectivity index (χ1n) is 11.1. The molecule has 0 saturated carbocycles. The van der Waals surface area contributed by atoms with Gasteiger partial charge < -0.3 is 14.8 Å². The summed E-state index contributed by atoms with van der Waals surface area (Å²) in [6.45, 7) is 2.48. The number of hydrogen-bond acceptors (Lipinski definition) is 6. The van der Waals surface area contributed by atoms with Gasteiger partial charge in [-0.3, -0.25) is 0 Å². The van der Waals surface area contributed by atoms with Crippen LogP contribution in [-0.2, 0) is 0 Å². The van der Waals surface area contributed by atoms with E-state index < -0.39 is 5.82 Å². The Morgan fingerprint density at radius 3 is 2.50 bits per heavy atom. The number of nitrogens with one attached hydrogen (secondary N) is 1.